The highest BCUT2D eigenvalue weighted by Crippen LogP contribution is 2.31. The number of anilines is 2. The Morgan fingerprint density at radius 2 is 2.05 bits per heavy atom. The second-order valence-electron chi connectivity index (χ2n) is 5.05. The Morgan fingerprint density at radius 1 is 1.32 bits per heavy atom. The summed E-state index contributed by atoms with van der Waals surface area (Å²) in [4.78, 5) is 12.1. The zero-order valence-electron chi connectivity index (χ0n) is 12.7. The van der Waals surface area contributed by atoms with E-state index >= 15 is 0 Å². The number of nitrogens with one attached hydrogen (secondary N) is 1. The van der Waals surface area contributed by atoms with E-state index in [1.165, 1.54) is 0 Å². The Labute approximate surface area is 135 Å². The summed E-state index contributed by atoms with van der Waals surface area (Å²) in [6.07, 6.45) is 0.937. The molecule has 2 rings (SSSR count). The molecule has 0 aromatic heterocycles. The highest BCUT2D eigenvalue weighted by atomic mass is 35.5. The molecule has 0 saturated heterocycles. The number of carbonyl (C=O) groups is 1. The van der Waals surface area contributed by atoms with E-state index in [0.717, 1.165) is 11.1 Å². The largest absolute Gasteiger partial charge is 0.495 e. The van der Waals surface area contributed by atoms with Crippen LogP contribution in [0.1, 0.15) is 17.5 Å². The summed E-state index contributed by atoms with van der Waals surface area (Å²) in [5, 5.41) is 3.46. The molecule has 5 heteroatoms. The molecule has 0 bridgehead atoms. The molecule has 2 aromatic carbocycles. The number of rotatable bonds is 5. The van der Waals surface area contributed by atoms with Gasteiger partial charge in [0.25, 0.3) is 0 Å². The molecule has 3 N–H and O–H groups in total. The topological polar surface area (TPSA) is 64.3 Å². The summed E-state index contributed by atoms with van der Waals surface area (Å²) in [7, 11) is 1.54. The molecular formula is C17H19ClN2O2. The van der Waals surface area contributed by atoms with E-state index in [1.54, 1.807) is 19.2 Å². The summed E-state index contributed by atoms with van der Waals surface area (Å²) < 4.78 is 5.24. The highest BCUT2D eigenvalue weighted by molar-refractivity contribution is 6.31. The van der Waals surface area contributed by atoms with Gasteiger partial charge in [0.15, 0.2) is 0 Å². The number of halogens is 1. The van der Waals surface area contributed by atoms with E-state index < -0.39 is 0 Å². The summed E-state index contributed by atoms with van der Waals surface area (Å²) in [6.45, 7) is 1.88. The Morgan fingerprint density at radius 3 is 2.73 bits per heavy atom. The minimum Gasteiger partial charge on any atom is -0.495 e. The molecule has 0 atom stereocenters. The number of aryl methyl sites for hydroxylation is 2. The molecule has 1 amide bonds. The van der Waals surface area contributed by atoms with E-state index in [0.29, 0.717) is 35.0 Å². The van der Waals surface area contributed by atoms with Crippen LogP contribution in [0.5, 0.6) is 5.75 Å². The van der Waals surface area contributed by atoms with Crippen LogP contribution in [0.3, 0.4) is 0 Å². The van der Waals surface area contributed by atoms with Crippen LogP contribution >= 0.6 is 11.6 Å². The number of hydrogen-bond donors (Lipinski definition) is 2. The van der Waals surface area contributed by atoms with E-state index in [-0.39, 0.29) is 5.91 Å². The van der Waals surface area contributed by atoms with Crippen LogP contribution in [-0.2, 0) is 11.2 Å². The van der Waals surface area contributed by atoms with Gasteiger partial charge in [-0.15, -0.1) is 0 Å². The SMILES string of the molecule is COc1cc(Cl)c(C)cc1NC(=O)CCc1ccccc1N. The summed E-state index contributed by atoms with van der Waals surface area (Å²) in [5.74, 6) is 0.450. The Balaban J connectivity index is 2.03. The fourth-order valence-electron chi connectivity index (χ4n) is 2.15. The van der Waals surface area contributed by atoms with Gasteiger partial charge in [-0.05, 0) is 36.6 Å². The zero-order chi connectivity index (χ0) is 16.1. The number of carbonyl (C=O) groups excluding carboxylic acids is 1. The lowest BCUT2D eigenvalue weighted by Crippen LogP contribution is -2.13. The van der Waals surface area contributed by atoms with Crippen molar-refractivity contribution in [2.75, 3.05) is 18.2 Å². The maximum absolute atomic E-state index is 12.1. The van der Waals surface area contributed by atoms with Crippen molar-refractivity contribution in [2.24, 2.45) is 0 Å². The maximum atomic E-state index is 12.1. The third-order valence-electron chi connectivity index (χ3n) is 3.43. The third kappa shape index (κ3) is 3.92. The number of para-hydroxylation sites is 1. The van der Waals surface area contributed by atoms with Crippen molar-refractivity contribution in [2.45, 2.75) is 19.8 Å². The molecule has 0 spiro atoms. The monoisotopic (exact) mass is 318 g/mol. The number of amides is 1. The molecule has 116 valence electrons. The van der Waals surface area contributed by atoms with Gasteiger partial charge in [0.05, 0.1) is 12.8 Å². The van der Waals surface area contributed by atoms with Crippen molar-refractivity contribution >= 4 is 28.9 Å². The molecular weight excluding hydrogens is 300 g/mol. The molecule has 22 heavy (non-hydrogen) atoms. The van der Waals surface area contributed by atoms with Gasteiger partial charge in [-0.25, -0.2) is 0 Å². The summed E-state index contributed by atoms with van der Waals surface area (Å²) in [5.41, 5.74) is 9.05. The molecule has 0 radical (unpaired) electrons. The third-order valence-corrected chi connectivity index (χ3v) is 3.84. The molecule has 0 aliphatic carbocycles. The van der Waals surface area contributed by atoms with Crippen molar-refractivity contribution < 1.29 is 9.53 Å². The van der Waals surface area contributed by atoms with Crippen molar-refractivity contribution in [1.82, 2.24) is 0 Å². The van der Waals surface area contributed by atoms with Crippen LogP contribution in [0.15, 0.2) is 36.4 Å². The Hall–Kier alpha value is -2.20. The maximum Gasteiger partial charge on any atom is 0.224 e. The van der Waals surface area contributed by atoms with Gasteiger partial charge in [-0.2, -0.15) is 0 Å². The average molecular weight is 319 g/mol. The number of hydrogen-bond acceptors (Lipinski definition) is 3. The minimum atomic E-state index is -0.0942. The van der Waals surface area contributed by atoms with Gasteiger partial charge in [-0.1, -0.05) is 29.8 Å². The lowest BCUT2D eigenvalue weighted by molar-refractivity contribution is -0.116. The van der Waals surface area contributed by atoms with Crippen LogP contribution in [0.25, 0.3) is 0 Å². The molecule has 0 saturated carbocycles. The van der Waals surface area contributed by atoms with Crippen LogP contribution in [0.2, 0.25) is 5.02 Å². The van der Waals surface area contributed by atoms with Gasteiger partial charge < -0.3 is 15.8 Å². The van der Waals surface area contributed by atoms with Crippen LogP contribution < -0.4 is 15.8 Å². The standard InChI is InChI=1S/C17H19ClN2O2/c1-11-9-15(16(22-2)10-13(11)18)20-17(21)8-7-12-5-3-4-6-14(12)19/h3-6,9-10H,7-8,19H2,1-2H3,(H,20,21). The van der Waals surface area contributed by atoms with Gasteiger partial charge in [0.2, 0.25) is 5.91 Å². The second kappa shape index (κ2) is 7.18. The fourth-order valence-corrected chi connectivity index (χ4v) is 2.31. The first kappa shape index (κ1) is 16.2. The fraction of sp³-hybridized carbons (Fsp3) is 0.235. The summed E-state index contributed by atoms with van der Waals surface area (Å²) >= 11 is 6.05. The van der Waals surface area contributed by atoms with Crippen molar-refractivity contribution in [3.05, 3.63) is 52.5 Å². The number of benzene rings is 2. The minimum absolute atomic E-state index is 0.0942. The zero-order valence-corrected chi connectivity index (χ0v) is 13.4. The number of methoxy groups -OCH3 is 1. The smallest absolute Gasteiger partial charge is 0.224 e. The van der Waals surface area contributed by atoms with Crippen molar-refractivity contribution in [3.63, 3.8) is 0 Å². The van der Waals surface area contributed by atoms with E-state index in [4.69, 9.17) is 22.1 Å². The Bertz CT molecular complexity index is 686. The second-order valence-corrected chi connectivity index (χ2v) is 5.46. The average Bonchev–Trinajstić information content (AvgIpc) is 2.50. The number of nitrogen functional groups attached to an aromatic ring is 1. The molecule has 0 unspecified atom stereocenters. The molecule has 2 aromatic rings. The van der Waals surface area contributed by atoms with E-state index in [2.05, 4.69) is 5.32 Å². The van der Waals surface area contributed by atoms with Crippen LogP contribution in [0.4, 0.5) is 11.4 Å². The molecule has 0 aliphatic heterocycles. The Kier molecular flexibility index (Phi) is 5.28. The van der Waals surface area contributed by atoms with E-state index in [9.17, 15) is 4.79 Å². The van der Waals surface area contributed by atoms with Crippen molar-refractivity contribution in [3.8, 4) is 5.75 Å². The van der Waals surface area contributed by atoms with Gasteiger partial charge >= 0.3 is 0 Å². The first-order valence-electron chi connectivity index (χ1n) is 6.98. The lowest BCUT2D eigenvalue weighted by Gasteiger charge is -2.12. The van der Waals surface area contributed by atoms with Gasteiger partial charge in [0.1, 0.15) is 5.75 Å². The molecule has 4 nitrogen and oxygen atoms in total. The van der Waals surface area contributed by atoms with Gasteiger partial charge in [0, 0.05) is 23.2 Å². The predicted octanol–water partition coefficient (Wildman–Crippen LogP) is 3.81. The normalized spacial score (nSPS) is 10.3. The van der Waals surface area contributed by atoms with Gasteiger partial charge in [-0.3, -0.25) is 4.79 Å². The predicted molar refractivity (Wildman–Crippen MR) is 90.5 cm³/mol. The van der Waals surface area contributed by atoms with E-state index in [1.807, 2.05) is 31.2 Å². The highest BCUT2D eigenvalue weighted by Gasteiger charge is 2.11. The summed E-state index contributed by atoms with van der Waals surface area (Å²) in [6, 6.07) is 11.0. The first-order valence-corrected chi connectivity index (χ1v) is 7.36. The number of nitrogens with two attached hydrogens (primary N) is 1. The van der Waals surface area contributed by atoms with Crippen LogP contribution in [0, 0.1) is 6.92 Å². The lowest BCUT2D eigenvalue weighted by atomic mass is 10.1. The number of ether oxygens (including phenoxy) is 1. The quantitative estimate of drug-likeness (QED) is 0.824. The molecule has 0 heterocycles. The molecule has 0 aliphatic rings. The van der Waals surface area contributed by atoms with Crippen LogP contribution in [-0.4, -0.2) is 13.0 Å². The molecule has 0 fully saturated rings. The van der Waals surface area contributed by atoms with Crippen molar-refractivity contribution in [1.29, 1.82) is 0 Å². The first-order chi connectivity index (χ1) is 10.5.